The number of benzene rings is 1. The van der Waals surface area contributed by atoms with E-state index in [-0.39, 0.29) is 17.9 Å². The first-order valence-electron chi connectivity index (χ1n) is 13.1. The summed E-state index contributed by atoms with van der Waals surface area (Å²) < 4.78 is 42.7. The number of ether oxygens (including phenoxy) is 2. The number of hydrogen-bond acceptors (Lipinski definition) is 8. The van der Waals surface area contributed by atoms with E-state index in [4.69, 9.17) is 19.4 Å². The SMILES string of the molecule is CCC(C)Sc1ccc([C@@H]2[C@@H]3C(=O)N(CC)C(=O)[C@@H]3[C@]3(C(=O)OC)CCCCN23)cc1OC.O=C(O)C(F)(F)F. The molecule has 1 aromatic rings. The number of carboxylic acid groups (broad SMARTS) is 1. The van der Waals surface area contributed by atoms with Crippen LogP contribution in [0.15, 0.2) is 23.1 Å². The first kappa shape index (κ1) is 31.7. The number of aliphatic carboxylic acids is 1. The van der Waals surface area contributed by atoms with Crippen molar-refractivity contribution in [3.05, 3.63) is 23.8 Å². The molecule has 3 saturated heterocycles. The van der Waals surface area contributed by atoms with E-state index in [1.54, 1.807) is 25.8 Å². The van der Waals surface area contributed by atoms with E-state index < -0.39 is 35.5 Å². The first-order chi connectivity index (χ1) is 18.8. The molecule has 40 heavy (non-hydrogen) atoms. The predicted octanol–water partition coefficient (Wildman–Crippen LogP) is 4.29. The van der Waals surface area contributed by atoms with Crippen molar-refractivity contribution >= 4 is 35.5 Å². The number of piperidine rings is 1. The lowest BCUT2D eigenvalue weighted by atomic mass is 9.75. The van der Waals surface area contributed by atoms with Gasteiger partial charge in [-0.25, -0.2) is 4.79 Å². The summed E-state index contributed by atoms with van der Waals surface area (Å²) in [4.78, 5) is 53.6. The zero-order valence-corrected chi connectivity index (χ0v) is 23.9. The Morgan fingerprint density at radius 3 is 2.35 bits per heavy atom. The minimum Gasteiger partial charge on any atom is -0.496 e. The highest BCUT2D eigenvalue weighted by Crippen LogP contribution is 2.58. The van der Waals surface area contributed by atoms with E-state index >= 15 is 0 Å². The molecule has 3 aliphatic heterocycles. The topological polar surface area (TPSA) is 113 Å². The smallest absolute Gasteiger partial charge is 0.490 e. The number of methoxy groups -OCH3 is 2. The molecule has 9 nitrogen and oxygen atoms in total. The lowest BCUT2D eigenvalue weighted by Gasteiger charge is -2.44. The van der Waals surface area contributed by atoms with E-state index in [0.29, 0.717) is 24.8 Å². The van der Waals surface area contributed by atoms with Gasteiger partial charge in [-0.15, -0.1) is 11.8 Å². The van der Waals surface area contributed by atoms with Gasteiger partial charge in [0.05, 0.1) is 26.1 Å². The second-order valence-electron chi connectivity index (χ2n) is 9.99. The predicted molar refractivity (Wildman–Crippen MR) is 140 cm³/mol. The highest BCUT2D eigenvalue weighted by molar-refractivity contribution is 8.00. The Kier molecular flexibility index (Phi) is 9.82. The van der Waals surface area contributed by atoms with Gasteiger partial charge < -0.3 is 14.6 Å². The van der Waals surface area contributed by atoms with Crippen molar-refractivity contribution in [2.45, 2.75) is 74.4 Å². The Morgan fingerprint density at radius 1 is 1.18 bits per heavy atom. The molecule has 0 aromatic heterocycles. The Labute approximate surface area is 235 Å². The Hall–Kier alpha value is -2.80. The van der Waals surface area contributed by atoms with Crippen molar-refractivity contribution in [2.75, 3.05) is 27.3 Å². The Balaban J connectivity index is 0.000000559. The van der Waals surface area contributed by atoms with Crippen LogP contribution in [0.3, 0.4) is 0 Å². The molecule has 2 amide bonds. The number of alkyl halides is 3. The van der Waals surface area contributed by atoms with Crippen molar-refractivity contribution in [1.29, 1.82) is 0 Å². The van der Waals surface area contributed by atoms with Crippen molar-refractivity contribution in [3.8, 4) is 5.75 Å². The Morgan fingerprint density at radius 2 is 1.82 bits per heavy atom. The molecule has 0 bridgehead atoms. The van der Waals surface area contributed by atoms with E-state index in [1.807, 2.05) is 18.2 Å². The van der Waals surface area contributed by atoms with Crippen LogP contribution in [-0.4, -0.2) is 82.9 Å². The molecule has 5 atom stereocenters. The van der Waals surface area contributed by atoms with Crippen LogP contribution in [0.1, 0.15) is 58.1 Å². The zero-order chi connectivity index (χ0) is 30.0. The normalized spacial score (nSPS) is 26.9. The number of carboxylic acids is 1. The molecule has 0 saturated carbocycles. The van der Waals surface area contributed by atoms with Crippen LogP contribution in [0, 0.1) is 11.8 Å². The summed E-state index contributed by atoms with van der Waals surface area (Å²) in [7, 11) is 3.02. The summed E-state index contributed by atoms with van der Waals surface area (Å²) in [6, 6.07) is 5.68. The van der Waals surface area contributed by atoms with E-state index in [1.165, 1.54) is 12.0 Å². The monoisotopic (exact) mass is 588 g/mol. The molecule has 222 valence electrons. The van der Waals surface area contributed by atoms with Gasteiger partial charge in [0.2, 0.25) is 11.8 Å². The van der Waals surface area contributed by atoms with Gasteiger partial charge >= 0.3 is 18.1 Å². The number of fused-ring (bicyclic) bond motifs is 3. The molecule has 0 radical (unpaired) electrons. The number of carbonyl (C=O) groups is 4. The number of esters is 1. The molecule has 4 rings (SSSR count). The summed E-state index contributed by atoms with van der Waals surface area (Å²) in [5.41, 5.74) is -0.196. The lowest BCUT2D eigenvalue weighted by molar-refractivity contribution is -0.192. The van der Waals surface area contributed by atoms with E-state index in [0.717, 1.165) is 35.5 Å². The minimum absolute atomic E-state index is 0.188. The second-order valence-corrected chi connectivity index (χ2v) is 11.5. The molecule has 3 aliphatic rings. The number of imide groups is 1. The van der Waals surface area contributed by atoms with Crippen LogP contribution in [0.2, 0.25) is 0 Å². The van der Waals surface area contributed by atoms with Crippen LogP contribution < -0.4 is 4.74 Å². The number of nitrogens with zero attached hydrogens (tertiary/aromatic N) is 2. The quantitative estimate of drug-likeness (QED) is 0.283. The highest BCUT2D eigenvalue weighted by atomic mass is 32.2. The van der Waals surface area contributed by atoms with Crippen LogP contribution in [-0.2, 0) is 23.9 Å². The van der Waals surface area contributed by atoms with E-state index in [2.05, 4.69) is 18.7 Å². The number of rotatable bonds is 7. The number of thioether (sulfide) groups is 1. The number of likely N-dealkylation sites (tertiary alicyclic amines) is 1. The molecule has 1 aromatic carbocycles. The molecular formula is C27H35F3N2O7S. The standard InChI is InChI=1S/C25H34N2O5S.C2HF3O2/c1-6-15(3)33-18-11-10-16(14-17(18)31-4)21-19-20(23(29)26(7-2)22(19)28)25(24(30)32-5)12-8-9-13-27(21)25;3-2(4,5)1(6)7/h10-11,14-15,19-21H,6-9,12-13H2,1-5H3;(H,6,7)/t15?,19-,20-,21-,25+;/m1./s1. The molecule has 0 spiro atoms. The molecule has 1 N–H and O–H groups in total. The van der Waals surface area contributed by atoms with Crippen LogP contribution >= 0.6 is 11.8 Å². The summed E-state index contributed by atoms with van der Waals surface area (Å²) in [5, 5.41) is 7.57. The van der Waals surface area contributed by atoms with Crippen molar-refractivity contribution in [1.82, 2.24) is 9.80 Å². The fraction of sp³-hybridized carbons (Fsp3) is 0.630. The van der Waals surface area contributed by atoms with Crippen molar-refractivity contribution in [3.63, 3.8) is 0 Å². The van der Waals surface area contributed by atoms with Gasteiger partial charge in [0.25, 0.3) is 0 Å². The van der Waals surface area contributed by atoms with Crippen molar-refractivity contribution < 1.29 is 46.9 Å². The van der Waals surface area contributed by atoms with Gasteiger partial charge in [0.15, 0.2) is 0 Å². The summed E-state index contributed by atoms with van der Waals surface area (Å²) in [6.45, 7) is 7.09. The first-order valence-corrected chi connectivity index (χ1v) is 14.0. The highest BCUT2D eigenvalue weighted by Gasteiger charge is 2.72. The van der Waals surface area contributed by atoms with Gasteiger partial charge in [-0.3, -0.25) is 24.2 Å². The maximum absolute atomic E-state index is 13.5. The van der Waals surface area contributed by atoms with Gasteiger partial charge in [-0.1, -0.05) is 19.9 Å². The average molecular weight is 589 g/mol. The Bertz CT molecular complexity index is 1150. The lowest BCUT2D eigenvalue weighted by Crippen LogP contribution is -2.59. The van der Waals surface area contributed by atoms with Gasteiger partial charge in [0, 0.05) is 22.7 Å². The number of hydrogen-bond donors (Lipinski definition) is 1. The summed E-state index contributed by atoms with van der Waals surface area (Å²) in [6.07, 6.45) is -1.79. The van der Waals surface area contributed by atoms with Gasteiger partial charge in [-0.2, -0.15) is 13.2 Å². The average Bonchev–Trinajstić information content (AvgIpc) is 3.37. The van der Waals surface area contributed by atoms with Gasteiger partial charge in [0.1, 0.15) is 11.3 Å². The minimum atomic E-state index is -5.08. The molecule has 1 unspecified atom stereocenters. The third-order valence-corrected chi connectivity index (χ3v) is 9.21. The number of carbonyl (C=O) groups excluding carboxylic acids is 3. The van der Waals surface area contributed by atoms with Crippen molar-refractivity contribution in [2.24, 2.45) is 11.8 Å². The van der Waals surface area contributed by atoms with Crippen LogP contribution in [0.4, 0.5) is 13.2 Å². The summed E-state index contributed by atoms with van der Waals surface area (Å²) in [5.74, 6) is -4.17. The summed E-state index contributed by atoms with van der Waals surface area (Å²) >= 11 is 1.76. The molecular weight excluding hydrogens is 553 g/mol. The van der Waals surface area contributed by atoms with Gasteiger partial charge in [-0.05, 0) is 56.8 Å². The number of halogens is 3. The fourth-order valence-corrected chi connectivity index (χ4v) is 7.00. The molecule has 0 aliphatic carbocycles. The molecule has 13 heteroatoms. The number of amides is 2. The fourth-order valence-electron chi connectivity index (χ4n) is 5.99. The maximum Gasteiger partial charge on any atom is 0.490 e. The second kappa shape index (κ2) is 12.4. The maximum atomic E-state index is 13.5. The zero-order valence-electron chi connectivity index (χ0n) is 23.1. The van der Waals surface area contributed by atoms with Crippen LogP contribution in [0.25, 0.3) is 0 Å². The molecule has 3 heterocycles. The third-order valence-electron chi connectivity index (χ3n) is 7.88. The third kappa shape index (κ3) is 5.54. The van der Waals surface area contributed by atoms with Crippen LogP contribution in [0.5, 0.6) is 5.75 Å². The van der Waals surface area contributed by atoms with E-state index in [9.17, 15) is 27.6 Å². The largest absolute Gasteiger partial charge is 0.496 e. The molecule has 3 fully saturated rings.